The Labute approximate surface area is 109 Å². The monoisotopic (exact) mass is 242 g/mol. The summed E-state index contributed by atoms with van der Waals surface area (Å²) in [5, 5.41) is 4.66. The second-order valence-electron chi connectivity index (χ2n) is 5.98. The predicted molar refractivity (Wildman–Crippen MR) is 77.5 cm³/mol. The largest absolute Gasteiger partial charge is 0.311 e. The van der Waals surface area contributed by atoms with Gasteiger partial charge < -0.3 is 5.32 Å². The molecule has 0 saturated carbocycles. The fourth-order valence-electron chi connectivity index (χ4n) is 1.89. The molecule has 18 heavy (non-hydrogen) atoms. The first-order chi connectivity index (χ1) is 8.54. The molecule has 0 radical (unpaired) electrons. The summed E-state index contributed by atoms with van der Waals surface area (Å²) in [6.45, 7) is 8.69. The minimum absolute atomic E-state index is 0.393. The van der Waals surface area contributed by atoms with Crippen LogP contribution in [0.1, 0.15) is 32.9 Å². The number of hydrogen-bond acceptors (Lipinski definition) is 2. The lowest BCUT2D eigenvalue weighted by atomic mass is 9.92. The Morgan fingerprint density at radius 2 is 1.83 bits per heavy atom. The molecular formula is C16H22N2. The van der Waals surface area contributed by atoms with Crippen molar-refractivity contribution in [2.75, 3.05) is 6.54 Å². The first kappa shape index (κ1) is 13.0. The number of aromatic nitrogens is 1. The average molecular weight is 242 g/mol. The number of para-hydroxylation sites is 1. The highest BCUT2D eigenvalue weighted by Crippen LogP contribution is 2.17. The molecule has 0 fully saturated rings. The SMILES string of the molecule is CC(C)(C)CCNCc1ccc2ccccc2n1. The fraction of sp³-hybridized carbons (Fsp3) is 0.438. The van der Waals surface area contributed by atoms with E-state index in [1.165, 1.54) is 11.8 Å². The Hall–Kier alpha value is -1.41. The molecule has 0 bridgehead atoms. The average Bonchev–Trinajstić information content (AvgIpc) is 2.33. The summed E-state index contributed by atoms with van der Waals surface area (Å²) < 4.78 is 0. The van der Waals surface area contributed by atoms with E-state index in [0.717, 1.165) is 24.3 Å². The minimum Gasteiger partial charge on any atom is -0.311 e. The van der Waals surface area contributed by atoms with Crippen LogP contribution in [-0.2, 0) is 6.54 Å². The van der Waals surface area contributed by atoms with Crippen LogP contribution < -0.4 is 5.32 Å². The highest BCUT2D eigenvalue weighted by atomic mass is 14.9. The Bertz CT molecular complexity index is 512. The van der Waals surface area contributed by atoms with Gasteiger partial charge in [0.2, 0.25) is 0 Å². The lowest BCUT2D eigenvalue weighted by Gasteiger charge is -2.17. The van der Waals surface area contributed by atoms with Gasteiger partial charge in [0.05, 0.1) is 11.2 Å². The Kier molecular flexibility index (Phi) is 3.97. The molecule has 1 aromatic heterocycles. The van der Waals surface area contributed by atoms with Crippen molar-refractivity contribution in [1.29, 1.82) is 0 Å². The van der Waals surface area contributed by atoms with Gasteiger partial charge in [-0.1, -0.05) is 45.0 Å². The van der Waals surface area contributed by atoms with Crippen molar-refractivity contribution >= 4 is 10.9 Å². The van der Waals surface area contributed by atoms with Gasteiger partial charge in [0, 0.05) is 11.9 Å². The molecule has 0 spiro atoms. The number of benzene rings is 1. The van der Waals surface area contributed by atoms with Gasteiger partial charge in [-0.2, -0.15) is 0 Å². The lowest BCUT2D eigenvalue weighted by molar-refractivity contribution is 0.366. The van der Waals surface area contributed by atoms with Gasteiger partial charge in [-0.15, -0.1) is 0 Å². The number of fused-ring (bicyclic) bond motifs is 1. The van der Waals surface area contributed by atoms with E-state index in [2.05, 4.69) is 55.3 Å². The zero-order chi connectivity index (χ0) is 13.0. The normalized spacial score (nSPS) is 11.9. The molecule has 1 heterocycles. The van der Waals surface area contributed by atoms with Crippen LogP contribution in [0, 0.1) is 5.41 Å². The van der Waals surface area contributed by atoms with Crippen LogP contribution in [0.25, 0.3) is 10.9 Å². The molecule has 0 aliphatic heterocycles. The van der Waals surface area contributed by atoms with Crippen molar-refractivity contribution in [3.63, 3.8) is 0 Å². The van der Waals surface area contributed by atoms with E-state index < -0.39 is 0 Å². The maximum atomic E-state index is 4.65. The fourth-order valence-corrected chi connectivity index (χ4v) is 1.89. The number of hydrogen-bond donors (Lipinski definition) is 1. The summed E-state index contributed by atoms with van der Waals surface area (Å²) in [6.07, 6.45) is 1.18. The summed E-state index contributed by atoms with van der Waals surface area (Å²) in [5.74, 6) is 0. The molecule has 2 rings (SSSR count). The van der Waals surface area contributed by atoms with E-state index >= 15 is 0 Å². The molecule has 0 aliphatic rings. The third kappa shape index (κ3) is 3.81. The van der Waals surface area contributed by atoms with Crippen LogP contribution in [0.2, 0.25) is 0 Å². The van der Waals surface area contributed by atoms with Gasteiger partial charge in [-0.25, -0.2) is 0 Å². The molecule has 0 amide bonds. The molecule has 0 atom stereocenters. The first-order valence-corrected chi connectivity index (χ1v) is 6.60. The van der Waals surface area contributed by atoms with Crippen LogP contribution in [0.5, 0.6) is 0 Å². The number of rotatable bonds is 4. The van der Waals surface area contributed by atoms with Gasteiger partial charge in [0.25, 0.3) is 0 Å². The quantitative estimate of drug-likeness (QED) is 0.826. The maximum Gasteiger partial charge on any atom is 0.0705 e. The van der Waals surface area contributed by atoms with Crippen molar-refractivity contribution in [3.8, 4) is 0 Å². The zero-order valence-electron chi connectivity index (χ0n) is 11.5. The molecular weight excluding hydrogens is 220 g/mol. The standard InChI is InChI=1S/C16H22N2/c1-16(2,3)10-11-17-12-14-9-8-13-6-4-5-7-15(13)18-14/h4-9,17H,10-12H2,1-3H3. The van der Waals surface area contributed by atoms with E-state index in [9.17, 15) is 0 Å². The predicted octanol–water partition coefficient (Wildman–Crippen LogP) is 3.76. The van der Waals surface area contributed by atoms with Crippen LogP contribution in [0.3, 0.4) is 0 Å². The maximum absolute atomic E-state index is 4.65. The Morgan fingerprint density at radius 3 is 2.61 bits per heavy atom. The smallest absolute Gasteiger partial charge is 0.0705 e. The second kappa shape index (κ2) is 5.49. The van der Waals surface area contributed by atoms with Crippen LogP contribution >= 0.6 is 0 Å². The summed E-state index contributed by atoms with van der Waals surface area (Å²) >= 11 is 0. The number of nitrogens with zero attached hydrogens (tertiary/aromatic N) is 1. The van der Waals surface area contributed by atoms with Crippen LogP contribution in [0.15, 0.2) is 36.4 Å². The van der Waals surface area contributed by atoms with Crippen molar-refractivity contribution in [3.05, 3.63) is 42.1 Å². The van der Waals surface area contributed by atoms with E-state index in [1.54, 1.807) is 0 Å². The van der Waals surface area contributed by atoms with Crippen LogP contribution in [-0.4, -0.2) is 11.5 Å². The van der Waals surface area contributed by atoms with E-state index in [-0.39, 0.29) is 0 Å². The summed E-state index contributed by atoms with van der Waals surface area (Å²) in [5.41, 5.74) is 2.58. The molecule has 0 saturated heterocycles. The molecule has 2 aromatic rings. The minimum atomic E-state index is 0.393. The third-order valence-corrected chi connectivity index (χ3v) is 3.01. The number of pyridine rings is 1. The highest BCUT2D eigenvalue weighted by Gasteiger charge is 2.08. The van der Waals surface area contributed by atoms with Crippen LogP contribution in [0.4, 0.5) is 0 Å². The molecule has 2 nitrogen and oxygen atoms in total. The lowest BCUT2D eigenvalue weighted by Crippen LogP contribution is -2.20. The van der Waals surface area contributed by atoms with Gasteiger partial charge in [-0.3, -0.25) is 4.98 Å². The van der Waals surface area contributed by atoms with Crippen molar-refractivity contribution in [2.24, 2.45) is 5.41 Å². The van der Waals surface area contributed by atoms with Gasteiger partial charge in [-0.05, 0) is 30.5 Å². The van der Waals surface area contributed by atoms with Crippen molar-refractivity contribution in [2.45, 2.75) is 33.7 Å². The summed E-state index contributed by atoms with van der Waals surface area (Å²) in [7, 11) is 0. The third-order valence-electron chi connectivity index (χ3n) is 3.01. The van der Waals surface area contributed by atoms with Gasteiger partial charge in [0.15, 0.2) is 0 Å². The van der Waals surface area contributed by atoms with Gasteiger partial charge in [0.1, 0.15) is 0 Å². The molecule has 96 valence electrons. The van der Waals surface area contributed by atoms with Crippen molar-refractivity contribution < 1.29 is 0 Å². The summed E-state index contributed by atoms with van der Waals surface area (Å²) in [4.78, 5) is 4.65. The first-order valence-electron chi connectivity index (χ1n) is 6.60. The molecule has 0 unspecified atom stereocenters. The molecule has 2 heteroatoms. The Morgan fingerprint density at radius 1 is 1.06 bits per heavy atom. The molecule has 0 aliphatic carbocycles. The number of nitrogens with one attached hydrogen (secondary N) is 1. The van der Waals surface area contributed by atoms with Gasteiger partial charge >= 0.3 is 0 Å². The van der Waals surface area contributed by atoms with E-state index in [0.29, 0.717) is 5.41 Å². The zero-order valence-corrected chi connectivity index (χ0v) is 11.5. The Balaban J connectivity index is 1.92. The van der Waals surface area contributed by atoms with E-state index in [4.69, 9.17) is 0 Å². The highest BCUT2D eigenvalue weighted by molar-refractivity contribution is 5.78. The van der Waals surface area contributed by atoms with Crippen molar-refractivity contribution in [1.82, 2.24) is 10.3 Å². The topological polar surface area (TPSA) is 24.9 Å². The second-order valence-corrected chi connectivity index (χ2v) is 5.98. The molecule has 1 N–H and O–H groups in total. The van der Waals surface area contributed by atoms with E-state index in [1.807, 2.05) is 12.1 Å². The summed E-state index contributed by atoms with van der Waals surface area (Å²) in [6, 6.07) is 12.5. The molecule has 1 aromatic carbocycles.